The van der Waals surface area contributed by atoms with Crippen LogP contribution in [0.2, 0.25) is 0 Å². The highest BCUT2D eigenvalue weighted by Gasteiger charge is 2.44. The van der Waals surface area contributed by atoms with Crippen molar-refractivity contribution in [1.29, 1.82) is 0 Å². The third kappa shape index (κ3) is 0.944. The van der Waals surface area contributed by atoms with Crippen molar-refractivity contribution in [3.8, 4) is 0 Å². The summed E-state index contributed by atoms with van der Waals surface area (Å²) in [5.74, 6) is 0.238. The van der Waals surface area contributed by atoms with E-state index in [1.165, 1.54) is 0 Å². The molecule has 4 N–H and O–H groups in total. The standard InChI is InChI=1S/C7H15NO2/c8-4-7(5-10)2-1-6(7)3-9/h6,9-10H,1-5,8H2/t6-,7-/m1/s1. The van der Waals surface area contributed by atoms with Crippen molar-refractivity contribution < 1.29 is 10.2 Å². The molecular weight excluding hydrogens is 130 g/mol. The Bertz CT molecular complexity index is 105. The van der Waals surface area contributed by atoms with E-state index in [1.807, 2.05) is 0 Å². The lowest BCUT2D eigenvalue weighted by molar-refractivity contribution is -0.0460. The van der Waals surface area contributed by atoms with Crippen LogP contribution in [-0.2, 0) is 0 Å². The van der Waals surface area contributed by atoms with Gasteiger partial charge in [-0.2, -0.15) is 0 Å². The molecule has 1 aliphatic carbocycles. The molecule has 0 saturated heterocycles. The van der Waals surface area contributed by atoms with Crippen molar-refractivity contribution in [3.63, 3.8) is 0 Å². The summed E-state index contributed by atoms with van der Waals surface area (Å²) in [5, 5.41) is 17.8. The molecule has 0 bridgehead atoms. The first-order chi connectivity index (χ1) is 4.79. The molecule has 1 saturated carbocycles. The zero-order valence-corrected chi connectivity index (χ0v) is 6.08. The Hall–Kier alpha value is -0.120. The van der Waals surface area contributed by atoms with Crippen molar-refractivity contribution in [2.45, 2.75) is 12.8 Å². The maximum Gasteiger partial charge on any atom is 0.0503 e. The summed E-state index contributed by atoms with van der Waals surface area (Å²) < 4.78 is 0. The number of aliphatic hydroxyl groups excluding tert-OH is 2. The maximum absolute atomic E-state index is 8.95. The van der Waals surface area contributed by atoms with Gasteiger partial charge in [0.1, 0.15) is 0 Å². The van der Waals surface area contributed by atoms with Crippen LogP contribution >= 0.6 is 0 Å². The van der Waals surface area contributed by atoms with Crippen molar-refractivity contribution >= 4 is 0 Å². The minimum atomic E-state index is -0.144. The largest absolute Gasteiger partial charge is 0.396 e. The predicted octanol–water partition coefficient (Wildman–Crippen LogP) is -0.674. The molecule has 10 heavy (non-hydrogen) atoms. The number of nitrogens with two attached hydrogens (primary N) is 1. The molecular formula is C7H15NO2. The van der Waals surface area contributed by atoms with E-state index in [1.54, 1.807) is 0 Å². The van der Waals surface area contributed by atoms with Crippen LogP contribution in [-0.4, -0.2) is 30.0 Å². The predicted molar refractivity (Wildman–Crippen MR) is 38.4 cm³/mol. The second-order valence-electron chi connectivity index (χ2n) is 3.14. The Morgan fingerprint density at radius 1 is 1.50 bits per heavy atom. The van der Waals surface area contributed by atoms with E-state index in [4.69, 9.17) is 15.9 Å². The van der Waals surface area contributed by atoms with Crippen molar-refractivity contribution in [1.82, 2.24) is 0 Å². The SMILES string of the molecule is NC[C@@]1(CO)CC[C@@H]1CO. The van der Waals surface area contributed by atoms with Crippen LogP contribution in [0.4, 0.5) is 0 Å². The normalized spacial score (nSPS) is 39.3. The first kappa shape index (κ1) is 7.98. The number of aliphatic hydroxyl groups is 2. The highest BCUT2D eigenvalue weighted by Crippen LogP contribution is 2.44. The Kier molecular flexibility index (Phi) is 2.28. The van der Waals surface area contributed by atoms with E-state index >= 15 is 0 Å². The van der Waals surface area contributed by atoms with E-state index in [-0.39, 0.29) is 24.5 Å². The molecule has 60 valence electrons. The van der Waals surface area contributed by atoms with E-state index in [9.17, 15) is 0 Å². The van der Waals surface area contributed by atoms with Gasteiger partial charge >= 0.3 is 0 Å². The van der Waals surface area contributed by atoms with Gasteiger partial charge in [0.2, 0.25) is 0 Å². The summed E-state index contributed by atoms with van der Waals surface area (Å²) in [4.78, 5) is 0. The minimum absolute atomic E-state index is 0.120. The highest BCUT2D eigenvalue weighted by atomic mass is 16.3. The first-order valence-corrected chi connectivity index (χ1v) is 3.71. The smallest absolute Gasteiger partial charge is 0.0503 e. The van der Waals surface area contributed by atoms with Crippen molar-refractivity contribution in [2.24, 2.45) is 17.1 Å². The summed E-state index contributed by atoms with van der Waals surface area (Å²) >= 11 is 0. The van der Waals surface area contributed by atoms with Gasteiger partial charge < -0.3 is 15.9 Å². The second-order valence-corrected chi connectivity index (χ2v) is 3.14. The van der Waals surface area contributed by atoms with Crippen LogP contribution in [0.1, 0.15) is 12.8 Å². The zero-order chi connectivity index (χ0) is 7.61. The molecule has 1 aliphatic rings. The molecule has 0 aliphatic heterocycles. The van der Waals surface area contributed by atoms with Gasteiger partial charge in [-0.05, 0) is 18.8 Å². The Morgan fingerprint density at radius 2 is 2.20 bits per heavy atom. The number of hydrogen-bond acceptors (Lipinski definition) is 3. The third-order valence-electron chi connectivity index (χ3n) is 2.80. The fourth-order valence-electron chi connectivity index (χ4n) is 1.58. The highest BCUT2D eigenvalue weighted by molar-refractivity contribution is 4.95. The fraction of sp³-hybridized carbons (Fsp3) is 1.00. The van der Waals surface area contributed by atoms with Crippen LogP contribution in [0.25, 0.3) is 0 Å². The van der Waals surface area contributed by atoms with Crippen LogP contribution in [0.15, 0.2) is 0 Å². The van der Waals surface area contributed by atoms with Gasteiger partial charge in [-0.1, -0.05) is 0 Å². The van der Waals surface area contributed by atoms with Gasteiger partial charge in [-0.25, -0.2) is 0 Å². The summed E-state index contributed by atoms with van der Waals surface area (Å²) in [6, 6.07) is 0. The topological polar surface area (TPSA) is 66.5 Å². The summed E-state index contributed by atoms with van der Waals surface area (Å²) in [6.07, 6.45) is 1.97. The third-order valence-corrected chi connectivity index (χ3v) is 2.80. The monoisotopic (exact) mass is 145 g/mol. The molecule has 0 radical (unpaired) electrons. The van der Waals surface area contributed by atoms with Gasteiger partial charge in [0, 0.05) is 18.6 Å². The molecule has 2 atom stereocenters. The van der Waals surface area contributed by atoms with Crippen LogP contribution in [0.3, 0.4) is 0 Å². The molecule has 0 heterocycles. The van der Waals surface area contributed by atoms with Gasteiger partial charge in [0.25, 0.3) is 0 Å². The quantitative estimate of drug-likeness (QED) is 0.493. The van der Waals surface area contributed by atoms with Gasteiger partial charge in [0.05, 0.1) is 6.61 Å². The summed E-state index contributed by atoms with van der Waals surface area (Å²) in [5.41, 5.74) is 5.33. The average molecular weight is 145 g/mol. The molecule has 0 aromatic carbocycles. The number of hydrogen-bond donors (Lipinski definition) is 3. The molecule has 0 aromatic rings. The second kappa shape index (κ2) is 2.86. The molecule has 1 rings (SSSR count). The van der Waals surface area contributed by atoms with Crippen molar-refractivity contribution in [3.05, 3.63) is 0 Å². The molecule has 0 amide bonds. The lowest BCUT2D eigenvalue weighted by atomic mass is 9.61. The average Bonchev–Trinajstić information content (AvgIpc) is 1.90. The Balaban J connectivity index is 2.48. The summed E-state index contributed by atoms with van der Waals surface area (Å²) in [6.45, 7) is 0.779. The van der Waals surface area contributed by atoms with Crippen molar-refractivity contribution in [2.75, 3.05) is 19.8 Å². The van der Waals surface area contributed by atoms with Gasteiger partial charge in [0.15, 0.2) is 0 Å². The van der Waals surface area contributed by atoms with E-state index < -0.39 is 0 Å². The first-order valence-electron chi connectivity index (χ1n) is 3.71. The maximum atomic E-state index is 8.95. The molecule has 0 spiro atoms. The Morgan fingerprint density at radius 3 is 2.30 bits per heavy atom. The fourth-order valence-corrected chi connectivity index (χ4v) is 1.58. The lowest BCUT2D eigenvalue weighted by Crippen LogP contribution is -2.50. The van der Waals surface area contributed by atoms with E-state index in [0.29, 0.717) is 6.54 Å². The molecule has 3 nitrogen and oxygen atoms in total. The van der Waals surface area contributed by atoms with E-state index in [0.717, 1.165) is 12.8 Å². The minimum Gasteiger partial charge on any atom is -0.396 e. The van der Waals surface area contributed by atoms with Crippen LogP contribution < -0.4 is 5.73 Å². The Labute approximate surface area is 60.9 Å². The van der Waals surface area contributed by atoms with Gasteiger partial charge in [-0.3, -0.25) is 0 Å². The van der Waals surface area contributed by atoms with Gasteiger partial charge in [-0.15, -0.1) is 0 Å². The lowest BCUT2D eigenvalue weighted by Gasteiger charge is -2.47. The van der Waals surface area contributed by atoms with Crippen LogP contribution in [0.5, 0.6) is 0 Å². The van der Waals surface area contributed by atoms with Crippen LogP contribution in [0, 0.1) is 11.3 Å². The molecule has 0 aromatic heterocycles. The number of rotatable bonds is 3. The molecule has 0 unspecified atom stereocenters. The summed E-state index contributed by atoms with van der Waals surface area (Å²) in [7, 11) is 0. The molecule has 3 heteroatoms. The molecule has 1 fully saturated rings. The van der Waals surface area contributed by atoms with E-state index in [2.05, 4.69) is 0 Å². The zero-order valence-electron chi connectivity index (χ0n) is 6.08.